The summed E-state index contributed by atoms with van der Waals surface area (Å²) < 4.78 is 0. The molecule has 0 saturated heterocycles. The van der Waals surface area contributed by atoms with Crippen LogP contribution in [0.1, 0.15) is 63.9 Å². The minimum absolute atomic E-state index is 0.00984. The smallest absolute Gasteiger partial charge is 0.229 e. The Morgan fingerprint density at radius 1 is 1.03 bits per heavy atom. The maximum atomic E-state index is 4.84. The van der Waals surface area contributed by atoms with Gasteiger partial charge in [-0.1, -0.05) is 33.8 Å². The second kappa shape index (κ2) is 9.68. The molecular weight excluding hydrogens is 422 g/mol. The van der Waals surface area contributed by atoms with Gasteiger partial charge in [-0.25, -0.2) is 4.98 Å². The third-order valence-electron chi connectivity index (χ3n) is 6.22. The summed E-state index contributed by atoms with van der Waals surface area (Å²) in [4.78, 5) is 14.0. The van der Waals surface area contributed by atoms with Crippen molar-refractivity contribution >= 4 is 23.1 Å². The molecule has 0 radical (unpaired) electrons. The number of rotatable bonds is 7. The Hall–Kier alpha value is -3.03. The van der Waals surface area contributed by atoms with Crippen molar-refractivity contribution in [2.24, 2.45) is 0 Å². The Kier molecular flexibility index (Phi) is 6.86. The normalized spacial score (nSPS) is 15.0. The minimum Gasteiger partial charge on any atom is -0.340 e. The van der Waals surface area contributed by atoms with Crippen LogP contribution in [0.4, 0.5) is 23.1 Å². The molecule has 0 unspecified atom stereocenters. The highest BCUT2D eigenvalue weighted by Crippen LogP contribution is 2.31. The van der Waals surface area contributed by atoms with Gasteiger partial charge in [-0.2, -0.15) is 4.98 Å². The molecule has 4 rings (SSSR count). The highest BCUT2D eigenvalue weighted by atomic mass is 15.1. The summed E-state index contributed by atoms with van der Waals surface area (Å²) in [6, 6.07) is 10.6. The molecule has 0 spiro atoms. The van der Waals surface area contributed by atoms with E-state index in [4.69, 9.17) is 4.98 Å². The van der Waals surface area contributed by atoms with E-state index in [-0.39, 0.29) is 11.0 Å². The summed E-state index contributed by atoms with van der Waals surface area (Å²) in [7, 11) is 0. The number of nitrogens with zero attached hydrogens (tertiary/aromatic N) is 3. The molecule has 1 aliphatic heterocycles. The highest BCUT2D eigenvalue weighted by molar-refractivity contribution is 5.63. The molecule has 3 aromatic rings. The van der Waals surface area contributed by atoms with Crippen LogP contribution in [0.3, 0.4) is 0 Å². The van der Waals surface area contributed by atoms with Crippen LogP contribution in [0.15, 0.2) is 42.7 Å². The molecule has 1 aromatic carbocycles. The first-order valence-corrected chi connectivity index (χ1v) is 12.1. The Morgan fingerprint density at radius 2 is 1.82 bits per heavy atom. The van der Waals surface area contributed by atoms with E-state index < -0.39 is 0 Å². The number of pyridine rings is 1. The topological polar surface area (TPSA) is 86.8 Å². The number of benzene rings is 1. The van der Waals surface area contributed by atoms with E-state index in [9.17, 15) is 0 Å². The molecule has 0 aliphatic carbocycles. The van der Waals surface area contributed by atoms with Crippen LogP contribution in [-0.2, 0) is 23.9 Å². The average Bonchev–Trinajstić information content (AvgIpc) is 2.78. The fourth-order valence-corrected chi connectivity index (χ4v) is 4.24. The minimum atomic E-state index is -0.0286. The second-order valence-electron chi connectivity index (χ2n) is 10.5. The zero-order valence-corrected chi connectivity index (χ0v) is 21.2. The van der Waals surface area contributed by atoms with Gasteiger partial charge in [-0.3, -0.25) is 4.98 Å². The van der Waals surface area contributed by atoms with Crippen molar-refractivity contribution in [2.75, 3.05) is 23.7 Å². The molecule has 7 nitrogen and oxygen atoms in total. The molecule has 1 aliphatic rings. The fourth-order valence-electron chi connectivity index (χ4n) is 4.24. The summed E-state index contributed by atoms with van der Waals surface area (Å²) in [5.74, 6) is 1.36. The number of aromatic nitrogens is 3. The largest absolute Gasteiger partial charge is 0.340 e. The number of hydrogen-bond donors (Lipinski definition) is 4. The summed E-state index contributed by atoms with van der Waals surface area (Å²) in [5, 5.41) is 13.9. The van der Waals surface area contributed by atoms with E-state index >= 15 is 0 Å². The molecule has 3 heterocycles. The van der Waals surface area contributed by atoms with Crippen LogP contribution in [0.5, 0.6) is 0 Å². The van der Waals surface area contributed by atoms with E-state index in [1.165, 1.54) is 11.1 Å². The monoisotopic (exact) mass is 459 g/mol. The molecule has 180 valence electrons. The van der Waals surface area contributed by atoms with Gasteiger partial charge < -0.3 is 21.3 Å². The van der Waals surface area contributed by atoms with E-state index in [0.717, 1.165) is 48.0 Å². The molecule has 0 bridgehead atoms. The summed E-state index contributed by atoms with van der Waals surface area (Å²) in [6.45, 7) is 15.6. The first kappa shape index (κ1) is 24.1. The van der Waals surface area contributed by atoms with Crippen molar-refractivity contribution in [2.45, 2.75) is 65.5 Å². The number of fused-ring (bicyclic) bond motifs is 1. The lowest BCUT2D eigenvalue weighted by Crippen LogP contribution is -2.42. The summed E-state index contributed by atoms with van der Waals surface area (Å²) in [6.07, 6.45) is 4.75. The van der Waals surface area contributed by atoms with E-state index in [2.05, 4.69) is 97.0 Å². The molecule has 0 amide bonds. The van der Waals surface area contributed by atoms with Gasteiger partial charge in [-0.15, -0.1) is 0 Å². The Bertz CT molecular complexity index is 1150. The summed E-state index contributed by atoms with van der Waals surface area (Å²) in [5.41, 5.74) is 6.68. The number of nitrogens with one attached hydrogen (secondary N) is 4. The van der Waals surface area contributed by atoms with Gasteiger partial charge >= 0.3 is 0 Å². The van der Waals surface area contributed by atoms with Crippen molar-refractivity contribution in [1.82, 2.24) is 25.6 Å². The lowest BCUT2D eigenvalue weighted by molar-refractivity contribution is 0.382. The van der Waals surface area contributed by atoms with Crippen molar-refractivity contribution in [3.05, 3.63) is 65.1 Å². The van der Waals surface area contributed by atoms with Crippen LogP contribution in [0.25, 0.3) is 0 Å². The van der Waals surface area contributed by atoms with E-state index in [1.807, 2.05) is 18.5 Å². The van der Waals surface area contributed by atoms with Crippen LogP contribution in [0.2, 0.25) is 0 Å². The third-order valence-corrected chi connectivity index (χ3v) is 6.22. The van der Waals surface area contributed by atoms with Gasteiger partial charge in [0.15, 0.2) is 0 Å². The lowest BCUT2D eigenvalue weighted by atomic mass is 9.85. The molecule has 4 N–H and O–H groups in total. The van der Waals surface area contributed by atoms with Gasteiger partial charge in [0.1, 0.15) is 5.82 Å². The molecule has 0 saturated carbocycles. The maximum absolute atomic E-state index is 4.84. The fraction of sp³-hybridized carbons (Fsp3) is 0.444. The second-order valence-corrected chi connectivity index (χ2v) is 10.5. The molecule has 2 aromatic heterocycles. The molecule has 0 atom stereocenters. The lowest BCUT2D eigenvalue weighted by Gasteiger charge is -2.34. The van der Waals surface area contributed by atoms with Crippen LogP contribution >= 0.6 is 0 Å². The zero-order chi connectivity index (χ0) is 24.3. The standard InChI is InChI=1S/C27H37N7/c1-7-28-16-19-17-30-25(33-20-8-9-22-18(14-20)10-13-31-27(22,5)6)34-24(19)32-21-11-12-29-23(15-21)26(2,3)4/h8-9,11-12,14-15,17,28,31H,7,10,13,16H2,1-6H3,(H2,29,30,32,33,34). The number of anilines is 4. The Balaban J connectivity index is 1.61. The molecule has 0 fully saturated rings. The SMILES string of the molecule is CCNCc1cnc(Nc2ccc3c(c2)CCNC3(C)C)nc1Nc1ccnc(C(C)(C)C)c1. The quantitative estimate of drug-likeness (QED) is 0.389. The van der Waals surface area contributed by atoms with Crippen LogP contribution < -0.4 is 21.3 Å². The van der Waals surface area contributed by atoms with Gasteiger partial charge in [0.25, 0.3) is 0 Å². The van der Waals surface area contributed by atoms with Gasteiger partial charge in [-0.05, 0) is 68.8 Å². The maximum Gasteiger partial charge on any atom is 0.229 e. The molecule has 7 heteroatoms. The molecule has 34 heavy (non-hydrogen) atoms. The predicted octanol–water partition coefficient (Wildman–Crippen LogP) is 5.15. The first-order valence-electron chi connectivity index (χ1n) is 12.1. The number of hydrogen-bond acceptors (Lipinski definition) is 7. The van der Waals surface area contributed by atoms with Gasteiger partial charge in [0.2, 0.25) is 5.95 Å². The van der Waals surface area contributed by atoms with E-state index in [1.54, 1.807) is 0 Å². The zero-order valence-electron chi connectivity index (χ0n) is 21.2. The van der Waals surface area contributed by atoms with Crippen LogP contribution in [0, 0.1) is 0 Å². The van der Waals surface area contributed by atoms with Crippen molar-refractivity contribution < 1.29 is 0 Å². The van der Waals surface area contributed by atoms with Gasteiger partial charge in [0.05, 0.1) is 0 Å². The Labute approximate surface area is 203 Å². The van der Waals surface area contributed by atoms with Gasteiger partial charge in [0, 0.05) is 52.5 Å². The summed E-state index contributed by atoms with van der Waals surface area (Å²) >= 11 is 0. The molecular formula is C27H37N7. The Morgan fingerprint density at radius 3 is 2.59 bits per heavy atom. The van der Waals surface area contributed by atoms with Crippen molar-refractivity contribution in [3.63, 3.8) is 0 Å². The highest BCUT2D eigenvalue weighted by Gasteiger charge is 2.26. The average molecular weight is 460 g/mol. The third kappa shape index (κ3) is 5.54. The van der Waals surface area contributed by atoms with Crippen molar-refractivity contribution in [3.8, 4) is 0 Å². The first-order chi connectivity index (χ1) is 16.2. The van der Waals surface area contributed by atoms with Crippen molar-refractivity contribution in [1.29, 1.82) is 0 Å². The van der Waals surface area contributed by atoms with Crippen LogP contribution in [-0.4, -0.2) is 28.0 Å². The van der Waals surface area contributed by atoms with E-state index in [0.29, 0.717) is 12.5 Å². The predicted molar refractivity (Wildman–Crippen MR) is 140 cm³/mol.